The Morgan fingerprint density at radius 1 is 0.967 bits per heavy atom. The molecule has 0 heterocycles. The van der Waals surface area contributed by atoms with Crippen LogP contribution in [0.1, 0.15) is 16.7 Å². The molecule has 0 atom stereocenters. The predicted molar refractivity (Wildman–Crippen MR) is 118 cm³/mol. The van der Waals surface area contributed by atoms with E-state index in [1.807, 2.05) is 36.4 Å². The van der Waals surface area contributed by atoms with Crippen LogP contribution in [0.15, 0.2) is 73.3 Å². The lowest BCUT2D eigenvalue weighted by atomic mass is 10.1. The molecule has 0 fully saturated rings. The van der Waals surface area contributed by atoms with Gasteiger partial charge in [0.15, 0.2) is 11.5 Å². The lowest BCUT2D eigenvalue weighted by molar-refractivity contribution is 0.277. The second-order valence-electron chi connectivity index (χ2n) is 6.74. The largest absolute Gasteiger partial charge is 0.497 e. The lowest BCUT2D eigenvalue weighted by Gasteiger charge is -2.17. The summed E-state index contributed by atoms with van der Waals surface area (Å²) in [6, 6.07) is 18.3. The Morgan fingerprint density at radius 3 is 2.40 bits per heavy atom. The Kier molecular flexibility index (Phi) is 7.33. The molecule has 3 rings (SSSR count). The zero-order chi connectivity index (χ0) is 21.3. The number of ether oxygens (including phenoxy) is 3. The molecule has 0 aliphatic rings. The first kappa shape index (κ1) is 21.2. The number of anilines is 1. The van der Waals surface area contributed by atoms with E-state index in [1.165, 1.54) is 6.07 Å². The molecule has 0 amide bonds. The molecule has 1 N–H and O–H groups in total. The van der Waals surface area contributed by atoms with Gasteiger partial charge in [0.1, 0.15) is 18.2 Å². The fraction of sp³-hybridized carbons (Fsp3) is 0.200. The summed E-state index contributed by atoms with van der Waals surface area (Å²) < 4.78 is 30.7. The minimum atomic E-state index is -0.290. The smallest absolute Gasteiger partial charge is 0.165 e. The number of methoxy groups -OCH3 is 2. The van der Waals surface area contributed by atoms with Gasteiger partial charge in [-0.05, 0) is 54.4 Å². The van der Waals surface area contributed by atoms with E-state index in [0.29, 0.717) is 30.0 Å². The van der Waals surface area contributed by atoms with Gasteiger partial charge in [-0.15, -0.1) is 6.58 Å². The molecule has 0 aromatic heterocycles. The predicted octanol–water partition coefficient (Wildman–Crippen LogP) is 5.76. The maximum absolute atomic E-state index is 14.0. The van der Waals surface area contributed by atoms with E-state index in [0.717, 1.165) is 22.6 Å². The number of benzene rings is 3. The molecular weight excluding hydrogens is 381 g/mol. The number of hydrogen-bond acceptors (Lipinski definition) is 4. The number of nitrogens with one attached hydrogen (secondary N) is 1. The standard InChI is InChI=1S/C25H26FNO3/c1-4-7-19-14-18(16-27-21-10-12-22(28-2)13-11-21)15-24(29-3)25(19)30-17-20-8-5-6-9-23(20)26/h4-6,8-15,27H,1,7,16-17H2,2-3H3. The first-order valence-electron chi connectivity index (χ1n) is 9.69. The summed E-state index contributed by atoms with van der Waals surface area (Å²) in [6.45, 7) is 4.57. The first-order chi connectivity index (χ1) is 14.6. The Balaban J connectivity index is 1.79. The Morgan fingerprint density at radius 2 is 1.73 bits per heavy atom. The summed E-state index contributed by atoms with van der Waals surface area (Å²) >= 11 is 0. The molecule has 0 unspecified atom stereocenters. The maximum atomic E-state index is 14.0. The summed E-state index contributed by atoms with van der Waals surface area (Å²) in [4.78, 5) is 0. The van der Waals surface area contributed by atoms with Gasteiger partial charge in [-0.2, -0.15) is 0 Å². The van der Waals surface area contributed by atoms with Crippen molar-refractivity contribution in [3.05, 3.63) is 95.8 Å². The molecule has 0 aliphatic carbocycles. The van der Waals surface area contributed by atoms with Gasteiger partial charge in [-0.25, -0.2) is 4.39 Å². The van der Waals surface area contributed by atoms with Crippen molar-refractivity contribution in [2.24, 2.45) is 0 Å². The van der Waals surface area contributed by atoms with Gasteiger partial charge < -0.3 is 19.5 Å². The lowest BCUT2D eigenvalue weighted by Crippen LogP contribution is -2.05. The molecule has 3 aromatic carbocycles. The van der Waals surface area contributed by atoms with Gasteiger partial charge >= 0.3 is 0 Å². The molecule has 0 saturated carbocycles. The van der Waals surface area contributed by atoms with E-state index >= 15 is 0 Å². The SMILES string of the molecule is C=CCc1cc(CNc2ccc(OC)cc2)cc(OC)c1OCc1ccccc1F. The summed E-state index contributed by atoms with van der Waals surface area (Å²) in [5.74, 6) is 1.74. The average Bonchev–Trinajstić information content (AvgIpc) is 2.78. The number of rotatable bonds is 10. The van der Waals surface area contributed by atoms with Crippen LogP contribution in [0.4, 0.5) is 10.1 Å². The fourth-order valence-electron chi connectivity index (χ4n) is 3.13. The van der Waals surface area contributed by atoms with Gasteiger partial charge in [-0.1, -0.05) is 24.3 Å². The second kappa shape index (κ2) is 10.3. The quantitative estimate of drug-likeness (QED) is 0.434. The molecule has 3 aromatic rings. The summed E-state index contributed by atoms with van der Waals surface area (Å²) in [6.07, 6.45) is 2.42. The van der Waals surface area contributed by atoms with E-state index in [9.17, 15) is 4.39 Å². The third-order valence-electron chi connectivity index (χ3n) is 4.69. The highest BCUT2D eigenvalue weighted by Gasteiger charge is 2.14. The van der Waals surface area contributed by atoms with Crippen molar-refractivity contribution >= 4 is 5.69 Å². The van der Waals surface area contributed by atoms with Crippen molar-refractivity contribution in [3.63, 3.8) is 0 Å². The van der Waals surface area contributed by atoms with E-state index in [4.69, 9.17) is 14.2 Å². The van der Waals surface area contributed by atoms with Crippen LogP contribution in [0.25, 0.3) is 0 Å². The van der Waals surface area contributed by atoms with Crippen LogP contribution in [-0.2, 0) is 19.6 Å². The van der Waals surface area contributed by atoms with Crippen molar-refractivity contribution in [1.29, 1.82) is 0 Å². The van der Waals surface area contributed by atoms with Crippen LogP contribution < -0.4 is 19.5 Å². The van der Waals surface area contributed by atoms with Gasteiger partial charge in [0, 0.05) is 23.4 Å². The minimum absolute atomic E-state index is 0.122. The van der Waals surface area contributed by atoms with E-state index in [1.54, 1.807) is 32.4 Å². The summed E-state index contributed by atoms with van der Waals surface area (Å²) in [7, 11) is 3.25. The fourth-order valence-corrected chi connectivity index (χ4v) is 3.13. The van der Waals surface area contributed by atoms with Crippen molar-refractivity contribution in [2.45, 2.75) is 19.6 Å². The van der Waals surface area contributed by atoms with E-state index < -0.39 is 0 Å². The first-order valence-corrected chi connectivity index (χ1v) is 9.69. The van der Waals surface area contributed by atoms with Gasteiger partial charge in [0.05, 0.1) is 14.2 Å². The number of halogens is 1. The van der Waals surface area contributed by atoms with Crippen molar-refractivity contribution < 1.29 is 18.6 Å². The monoisotopic (exact) mass is 407 g/mol. The minimum Gasteiger partial charge on any atom is -0.497 e. The molecule has 5 heteroatoms. The van der Waals surface area contributed by atoms with E-state index in [-0.39, 0.29) is 12.4 Å². The van der Waals surface area contributed by atoms with Crippen molar-refractivity contribution in [1.82, 2.24) is 0 Å². The summed E-state index contributed by atoms with van der Waals surface area (Å²) in [5, 5.41) is 3.39. The van der Waals surface area contributed by atoms with Gasteiger partial charge in [0.25, 0.3) is 0 Å². The molecule has 0 spiro atoms. The molecule has 0 saturated heterocycles. The van der Waals surface area contributed by atoms with Crippen LogP contribution in [-0.4, -0.2) is 14.2 Å². The van der Waals surface area contributed by atoms with Crippen LogP contribution >= 0.6 is 0 Å². The van der Waals surface area contributed by atoms with Crippen LogP contribution in [0, 0.1) is 5.82 Å². The molecular formula is C25H26FNO3. The summed E-state index contributed by atoms with van der Waals surface area (Å²) in [5.41, 5.74) is 3.46. The molecule has 156 valence electrons. The third-order valence-corrected chi connectivity index (χ3v) is 4.69. The third kappa shape index (κ3) is 5.32. The second-order valence-corrected chi connectivity index (χ2v) is 6.74. The topological polar surface area (TPSA) is 39.7 Å². The highest BCUT2D eigenvalue weighted by atomic mass is 19.1. The zero-order valence-electron chi connectivity index (χ0n) is 17.3. The number of allylic oxidation sites excluding steroid dienone is 1. The van der Waals surface area contributed by atoms with Crippen LogP contribution in [0.5, 0.6) is 17.2 Å². The molecule has 4 nitrogen and oxygen atoms in total. The van der Waals surface area contributed by atoms with Crippen molar-refractivity contribution in [3.8, 4) is 17.2 Å². The molecule has 0 bridgehead atoms. The normalized spacial score (nSPS) is 10.4. The Labute approximate surface area is 176 Å². The van der Waals surface area contributed by atoms with Crippen LogP contribution in [0.2, 0.25) is 0 Å². The average molecular weight is 407 g/mol. The van der Waals surface area contributed by atoms with E-state index in [2.05, 4.69) is 18.0 Å². The highest BCUT2D eigenvalue weighted by molar-refractivity contribution is 5.52. The number of hydrogen-bond donors (Lipinski definition) is 1. The Bertz CT molecular complexity index is 986. The molecule has 0 radical (unpaired) electrons. The van der Waals surface area contributed by atoms with Crippen LogP contribution in [0.3, 0.4) is 0 Å². The highest BCUT2D eigenvalue weighted by Crippen LogP contribution is 2.34. The van der Waals surface area contributed by atoms with Gasteiger partial charge in [-0.3, -0.25) is 0 Å². The maximum Gasteiger partial charge on any atom is 0.165 e. The molecule has 30 heavy (non-hydrogen) atoms. The Hall–Kier alpha value is -3.47. The zero-order valence-corrected chi connectivity index (χ0v) is 17.3. The van der Waals surface area contributed by atoms with Gasteiger partial charge in [0.2, 0.25) is 0 Å². The molecule has 0 aliphatic heterocycles. The van der Waals surface area contributed by atoms with Crippen molar-refractivity contribution in [2.75, 3.05) is 19.5 Å².